The van der Waals surface area contributed by atoms with E-state index in [4.69, 9.17) is 9.73 Å². The maximum Gasteiger partial charge on any atom is 0.193 e. The topological polar surface area (TPSA) is 60.3 Å². The molecule has 7 heteroatoms. The Bertz CT molecular complexity index is 384. The monoisotopic (exact) mass is 482 g/mol. The number of piperidine rings is 1. The molecule has 0 amide bonds. The highest BCUT2D eigenvalue weighted by atomic mass is 127. The van der Waals surface area contributed by atoms with E-state index in [9.17, 15) is 5.11 Å². The van der Waals surface area contributed by atoms with Gasteiger partial charge in [0.2, 0.25) is 0 Å². The largest absolute Gasteiger partial charge is 0.393 e. The van der Waals surface area contributed by atoms with E-state index in [1.165, 1.54) is 19.3 Å². The second kappa shape index (κ2) is 14.0. The lowest BCUT2D eigenvalue weighted by molar-refractivity contribution is 0.0625. The van der Waals surface area contributed by atoms with Gasteiger partial charge >= 0.3 is 0 Å². The quantitative estimate of drug-likeness (QED) is 0.240. The second-order valence-electron chi connectivity index (χ2n) is 7.43. The fourth-order valence-corrected chi connectivity index (χ4v) is 3.61. The number of aliphatic hydroxyl groups is 1. The molecule has 0 spiro atoms. The van der Waals surface area contributed by atoms with Crippen LogP contribution in [0.4, 0.5) is 0 Å². The summed E-state index contributed by atoms with van der Waals surface area (Å²) >= 11 is 0. The number of hydrogen-bond donors (Lipinski definition) is 2. The van der Waals surface area contributed by atoms with Gasteiger partial charge in [-0.1, -0.05) is 0 Å². The molecule has 2 N–H and O–H groups in total. The minimum atomic E-state index is -0.0843. The predicted octanol–water partition coefficient (Wildman–Crippen LogP) is 2.17. The van der Waals surface area contributed by atoms with Gasteiger partial charge in [-0.2, -0.15) is 0 Å². The molecule has 0 unspecified atom stereocenters. The van der Waals surface area contributed by atoms with Crippen LogP contribution in [0, 0.1) is 5.92 Å². The van der Waals surface area contributed by atoms with Gasteiger partial charge in [-0.05, 0) is 57.9 Å². The number of guanidine groups is 1. The summed E-state index contributed by atoms with van der Waals surface area (Å²) in [7, 11) is 2.15. The molecule has 0 atom stereocenters. The van der Waals surface area contributed by atoms with Crippen molar-refractivity contribution < 1.29 is 9.84 Å². The van der Waals surface area contributed by atoms with Gasteiger partial charge < -0.3 is 25.0 Å². The van der Waals surface area contributed by atoms with Gasteiger partial charge in [-0.3, -0.25) is 4.99 Å². The van der Waals surface area contributed by atoms with Crippen molar-refractivity contribution in [3.05, 3.63) is 0 Å². The maximum absolute atomic E-state index is 9.57. The van der Waals surface area contributed by atoms with Crippen molar-refractivity contribution in [3.63, 3.8) is 0 Å². The minimum Gasteiger partial charge on any atom is -0.393 e. The highest BCUT2D eigenvalue weighted by Crippen LogP contribution is 2.18. The van der Waals surface area contributed by atoms with Crippen LogP contribution in [0.5, 0.6) is 0 Å². The first-order valence-electron chi connectivity index (χ1n) is 10.2. The molecule has 6 nitrogen and oxygen atoms in total. The summed E-state index contributed by atoms with van der Waals surface area (Å²) < 4.78 is 5.45. The van der Waals surface area contributed by atoms with Gasteiger partial charge in [-0.15, -0.1) is 24.0 Å². The summed E-state index contributed by atoms with van der Waals surface area (Å²) in [4.78, 5) is 9.53. The van der Waals surface area contributed by atoms with Crippen LogP contribution < -0.4 is 5.32 Å². The average Bonchev–Trinajstić information content (AvgIpc) is 2.64. The van der Waals surface area contributed by atoms with Crippen molar-refractivity contribution in [1.82, 2.24) is 15.1 Å². The van der Waals surface area contributed by atoms with Gasteiger partial charge in [0.1, 0.15) is 0 Å². The summed E-state index contributed by atoms with van der Waals surface area (Å²) in [5, 5.41) is 13.0. The van der Waals surface area contributed by atoms with Crippen molar-refractivity contribution in [2.24, 2.45) is 10.9 Å². The number of aliphatic imine (C=N–C) groups is 1. The number of hydrogen-bond acceptors (Lipinski definition) is 4. The number of likely N-dealkylation sites (tertiary alicyclic amines) is 1. The summed E-state index contributed by atoms with van der Waals surface area (Å²) in [6, 6.07) is 0. The van der Waals surface area contributed by atoms with Crippen LogP contribution in [0.2, 0.25) is 0 Å². The molecule has 2 aliphatic rings. The fourth-order valence-electron chi connectivity index (χ4n) is 3.61. The molecule has 2 aliphatic heterocycles. The normalized spacial score (nSPS) is 20.7. The highest BCUT2D eigenvalue weighted by molar-refractivity contribution is 14.0. The van der Waals surface area contributed by atoms with Gasteiger partial charge in [0.15, 0.2) is 5.96 Å². The van der Waals surface area contributed by atoms with E-state index in [0.717, 1.165) is 83.6 Å². The Morgan fingerprint density at radius 2 is 1.92 bits per heavy atom. The van der Waals surface area contributed by atoms with Crippen molar-refractivity contribution >= 4 is 29.9 Å². The predicted molar refractivity (Wildman–Crippen MR) is 118 cm³/mol. The summed E-state index contributed by atoms with van der Waals surface area (Å²) in [5.74, 6) is 1.83. The highest BCUT2D eigenvalue weighted by Gasteiger charge is 2.17. The average molecular weight is 482 g/mol. The lowest BCUT2D eigenvalue weighted by Gasteiger charge is -2.29. The van der Waals surface area contributed by atoms with Crippen molar-refractivity contribution in [1.29, 1.82) is 0 Å². The molecule has 0 aromatic heterocycles. The Kier molecular flexibility index (Phi) is 12.8. The van der Waals surface area contributed by atoms with Crippen molar-refractivity contribution in [3.8, 4) is 0 Å². The standard InChI is InChI=1S/C19H38N4O2.HI/c1-3-20-19(22(2)12-5-17-8-15-25-16-9-17)21-10-4-11-23-13-6-18(24)7-14-23;/h17-18,24H,3-16H2,1-2H3,(H,20,21);1H. The van der Waals surface area contributed by atoms with Crippen LogP contribution >= 0.6 is 24.0 Å². The first kappa shape index (κ1) is 23.9. The Hall–Kier alpha value is -0.120. The number of nitrogens with zero attached hydrogens (tertiary/aromatic N) is 3. The molecule has 0 radical (unpaired) electrons. The number of ether oxygens (including phenoxy) is 1. The molecule has 26 heavy (non-hydrogen) atoms. The second-order valence-corrected chi connectivity index (χ2v) is 7.43. The Balaban J connectivity index is 0.00000338. The van der Waals surface area contributed by atoms with E-state index in [1.54, 1.807) is 0 Å². The molecule has 0 aromatic rings. The van der Waals surface area contributed by atoms with E-state index >= 15 is 0 Å². The molecule has 0 bridgehead atoms. The number of halogens is 1. The van der Waals surface area contributed by atoms with Crippen LogP contribution in [-0.2, 0) is 4.74 Å². The molecule has 2 heterocycles. The van der Waals surface area contributed by atoms with E-state index in [1.807, 2.05) is 0 Å². The lowest BCUT2D eigenvalue weighted by atomic mass is 9.96. The van der Waals surface area contributed by atoms with E-state index < -0.39 is 0 Å². The van der Waals surface area contributed by atoms with Gasteiger partial charge in [0.05, 0.1) is 6.10 Å². The molecule has 2 rings (SSSR count). The van der Waals surface area contributed by atoms with E-state index in [2.05, 4.69) is 29.1 Å². The fraction of sp³-hybridized carbons (Fsp3) is 0.947. The zero-order chi connectivity index (χ0) is 17.9. The Morgan fingerprint density at radius 1 is 1.23 bits per heavy atom. The summed E-state index contributed by atoms with van der Waals surface area (Å²) in [6.45, 7) is 9.94. The van der Waals surface area contributed by atoms with Gasteiger partial charge in [0.25, 0.3) is 0 Å². The zero-order valence-corrected chi connectivity index (χ0v) is 19.0. The van der Waals surface area contributed by atoms with E-state index in [0.29, 0.717) is 0 Å². The van der Waals surface area contributed by atoms with Crippen LogP contribution in [0.15, 0.2) is 4.99 Å². The van der Waals surface area contributed by atoms with Crippen LogP contribution in [0.1, 0.15) is 45.4 Å². The maximum atomic E-state index is 9.57. The third-order valence-corrected chi connectivity index (χ3v) is 5.36. The summed E-state index contributed by atoms with van der Waals surface area (Å²) in [5.41, 5.74) is 0. The molecular formula is C19H39IN4O2. The summed E-state index contributed by atoms with van der Waals surface area (Å²) in [6.07, 6.45) is 6.46. The lowest BCUT2D eigenvalue weighted by Crippen LogP contribution is -2.40. The third kappa shape index (κ3) is 9.19. The number of nitrogens with one attached hydrogen (secondary N) is 1. The van der Waals surface area contributed by atoms with Gasteiger partial charge in [-0.25, -0.2) is 0 Å². The molecule has 2 saturated heterocycles. The first-order valence-corrected chi connectivity index (χ1v) is 10.2. The SMILES string of the molecule is CCNC(=NCCCN1CCC(O)CC1)N(C)CCC1CCOCC1.I. The van der Waals surface area contributed by atoms with Crippen molar-refractivity contribution in [2.45, 2.75) is 51.6 Å². The van der Waals surface area contributed by atoms with Crippen molar-refractivity contribution in [2.75, 3.05) is 59.5 Å². The molecule has 2 fully saturated rings. The Labute approximate surface area is 176 Å². The van der Waals surface area contributed by atoms with Crippen LogP contribution in [0.3, 0.4) is 0 Å². The van der Waals surface area contributed by atoms with Crippen LogP contribution in [-0.4, -0.2) is 86.5 Å². The van der Waals surface area contributed by atoms with Gasteiger partial charge in [0, 0.05) is 53.0 Å². The van der Waals surface area contributed by atoms with Crippen LogP contribution in [0.25, 0.3) is 0 Å². The first-order chi connectivity index (χ1) is 12.2. The number of aliphatic hydroxyl groups excluding tert-OH is 1. The molecule has 0 aromatic carbocycles. The Morgan fingerprint density at radius 3 is 2.58 bits per heavy atom. The molecule has 0 aliphatic carbocycles. The minimum absolute atomic E-state index is 0. The van der Waals surface area contributed by atoms with E-state index in [-0.39, 0.29) is 30.1 Å². The smallest absolute Gasteiger partial charge is 0.193 e. The molecule has 0 saturated carbocycles. The molecule has 154 valence electrons. The zero-order valence-electron chi connectivity index (χ0n) is 16.7. The third-order valence-electron chi connectivity index (χ3n) is 5.36. The number of rotatable bonds is 8. The molecular weight excluding hydrogens is 443 g/mol.